The molecule has 3 nitrogen and oxygen atoms in total. The Morgan fingerprint density at radius 1 is 1.33 bits per heavy atom. The summed E-state index contributed by atoms with van der Waals surface area (Å²) in [5.74, 6) is 1.47. The number of benzene rings is 1. The molecule has 1 saturated carbocycles. The Hall–Kier alpha value is -1.51. The summed E-state index contributed by atoms with van der Waals surface area (Å²) in [6.07, 6.45) is 5.51. The van der Waals surface area contributed by atoms with Gasteiger partial charge in [-0.2, -0.15) is 0 Å². The number of methoxy groups -OCH3 is 1. The molecule has 0 saturated heterocycles. The third-order valence-electron chi connectivity index (χ3n) is 4.15. The van der Waals surface area contributed by atoms with Crippen molar-refractivity contribution >= 4 is 11.6 Å². The fourth-order valence-corrected chi connectivity index (χ4v) is 3.13. The summed E-state index contributed by atoms with van der Waals surface area (Å²) in [6.45, 7) is 0.831. The van der Waals surface area contributed by atoms with Crippen LogP contribution < -0.4 is 9.64 Å². The molecule has 2 aliphatic rings. The molecule has 0 aromatic heterocycles. The molecular weight excluding hydrogens is 226 g/mol. The maximum atomic E-state index is 12.5. The predicted octanol–water partition coefficient (Wildman–Crippen LogP) is 2.77. The summed E-state index contributed by atoms with van der Waals surface area (Å²) in [4.78, 5) is 14.4. The van der Waals surface area contributed by atoms with E-state index in [0.717, 1.165) is 37.2 Å². The SMILES string of the molecule is COc1ccc2c(c1)CCN2C(=O)C1CCCC1. The summed E-state index contributed by atoms with van der Waals surface area (Å²) >= 11 is 0. The van der Waals surface area contributed by atoms with Gasteiger partial charge in [-0.15, -0.1) is 0 Å². The second kappa shape index (κ2) is 4.63. The van der Waals surface area contributed by atoms with Crippen molar-refractivity contribution in [1.82, 2.24) is 0 Å². The average molecular weight is 245 g/mol. The molecule has 1 aromatic carbocycles. The molecule has 1 heterocycles. The summed E-state index contributed by atoms with van der Waals surface area (Å²) in [5, 5.41) is 0. The molecule has 0 spiro atoms. The first-order chi connectivity index (χ1) is 8.79. The third kappa shape index (κ3) is 1.88. The van der Waals surface area contributed by atoms with E-state index in [4.69, 9.17) is 4.74 Å². The molecule has 1 aliphatic heterocycles. The zero-order valence-corrected chi connectivity index (χ0v) is 10.8. The van der Waals surface area contributed by atoms with Gasteiger partial charge in [-0.1, -0.05) is 12.8 Å². The molecule has 96 valence electrons. The highest BCUT2D eigenvalue weighted by molar-refractivity contribution is 5.97. The molecule has 0 atom stereocenters. The van der Waals surface area contributed by atoms with E-state index in [2.05, 4.69) is 6.07 Å². The van der Waals surface area contributed by atoms with Crippen molar-refractivity contribution in [2.24, 2.45) is 5.92 Å². The van der Waals surface area contributed by atoms with Crippen molar-refractivity contribution in [3.63, 3.8) is 0 Å². The second-order valence-electron chi connectivity index (χ2n) is 5.22. The topological polar surface area (TPSA) is 29.5 Å². The van der Waals surface area contributed by atoms with E-state index in [0.29, 0.717) is 5.91 Å². The van der Waals surface area contributed by atoms with Crippen molar-refractivity contribution in [3.05, 3.63) is 23.8 Å². The first-order valence-electron chi connectivity index (χ1n) is 6.78. The van der Waals surface area contributed by atoms with Gasteiger partial charge in [-0.05, 0) is 43.0 Å². The lowest BCUT2D eigenvalue weighted by atomic mass is 10.1. The van der Waals surface area contributed by atoms with Gasteiger partial charge in [0.05, 0.1) is 7.11 Å². The Balaban J connectivity index is 1.83. The van der Waals surface area contributed by atoms with Gasteiger partial charge in [0.25, 0.3) is 0 Å². The molecular formula is C15H19NO2. The van der Waals surface area contributed by atoms with Crippen LogP contribution in [-0.2, 0) is 11.2 Å². The lowest BCUT2D eigenvalue weighted by Gasteiger charge is -2.21. The number of anilines is 1. The Kier molecular flexibility index (Phi) is 2.98. The highest BCUT2D eigenvalue weighted by Crippen LogP contribution is 2.35. The van der Waals surface area contributed by atoms with Crippen LogP contribution in [0, 0.1) is 5.92 Å². The summed E-state index contributed by atoms with van der Waals surface area (Å²) in [6, 6.07) is 6.02. The molecule has 0 N–H and O–H groups in total. The first kappa shape index (κ1) is 11.6. The Morgan fingerprint density at radius 3 is 2.83 bits per heavy atom. The van der Waals surface area contributed by atoms with Crippen molar-refractivity contribution < 1.29 is 9.53 Å². The van der Waals surface area contributed by atoms with E-state index in [-0.39, 0.29) is 5.92 Å². The zero-order valence-electron chi connectivity index (χ0n) is 10.8. The Bertz CT molecular complexity index is 464. The van der Waals surface area contributed by atoms with Crippen LogP contribution in [0.5, 0.6) is 5.75 Å². The lowest BCUT2D eigenvalue weighted by Crippen LogP contribution is -2.33. The van der Waals surface area contributed by atoms with Gasteiger partial charge in [-0.25, -0.2) is 0 Å². The van der Waals surface area contributed by atoms with Crippen LogP contribution in [0.3, 0.4) is 0 Å². The smallest absolute Gasteiger partial charge is 0.230 e. The molecule has 3 rings (SSSR count). The van der Waals surface area contributed by atoms with Crippen LogP contribution in [-0.4, -0.2) is 19.6 Å². The minimum atomic E-state index is 0.262. The van der Waals surface area contributed by atoms with Gasteiger partial charge in [0.1, 0.15) is 5.75 Å². The Morgan fingerprint density at radius 2 is 2.11 bits per heavy atom. The summed E-state index contributed by atoms with van der Waals surface area (Å²) in [5.41, 5.74) is 2.33. The Labute approximate surface area is 108 Å². The highest BCUT2D eigenvalue weighted by atomic mass is 16.5. The van der Waals surface area contributed by atoms with E-state index in [1.54, 1.807) is 7.11 Å². The van der Waals surface area contributed by atoms with Crippen LogP contribution in [0.25, 0.3) is 0 Å². The van der Waals surface area contributed by atoms with E-state index in [9.17, 15) is 4.79 Å². The molecule has 0 bridgehead atoms. The average Bonchev–Trinajstić information content (AvgIpc) is 3.06. The zero-order chi connectivity index (χ0) is 12.5. The normalized spacial score (nSPS) is 19.1. The number of hydrogen-bond acceptors (Lipinski definition) is 2. The maximum absolute atomic E-state index is 12.5. The number of rotatable bonds is 2. The van der Waals surface area contributed by atoms with Crippen molar-refractivity contribution in [3.8, 4) is 5.75 Å². The molecule has 1 fully saturated rings. The number of fused-ring (bicyclic) bond motifs is 1. The van der Waals surface area contributed by atoms with Crippen LogP contribution in [0.4, 0.5) is 5.69 Å². The second-order valence-corrected chi connectivity index (χ2v) is 5.22. The fraction of sp³-hybridized carbons (Fsp3) is 0.533. The van der Waals surface area contributed by atoms with Gasteiger partial charge in [-0.3, -0.25) is 4.79 Å². The number of nitrogens with zero attached hydrogens (tertiary/aromatic N) is 1. The van der Waals surface area contributed by atoms with Gasteiger partial charge in [0.2, 0.25) is 5.91 Å². The fourth-order valence-electron chi connectivity index (χ4n) is 3.13. The number of carbonyl (C=O) groups excluding carboxylic acids is 1. The van der Waals surface area contributed by atoms with E-state index < -0.39 is 0 Å². The highest BCUT2D eigenvalue weighted by Gasteiger charge is 2.31. The molecule has 18 heavy (non-hydrogen) atoms. The molecule has 0 radical (unpaired) electrons. The monoisotopic (exact) mass is 245 g/mol. The van der Waals surface area contributed by atoms with E-state index in [1.165, 1.54) is 18.4 Å². The van der Waals surface area contributed by atoms with Crippen LogP contribution >= 0.6 is 0 Å². The van der Waals surface area contributed by atoms with Gasteiger partial charge in [0, 0.05) is 18.2 Å². The predicted molar refractivity (Wildman–Crippen MR) is 71.0 cm³/mol. The van der Waals surface area contributed by atoms with Crippen molar-refractivity contribution in [2.45, 2.75) is 32.1 Å². The molecule has 3 heteroatoms. The number of amides is 1. The molecule has 1 amide bonds. The van der Waals surface area contributed by atoms with Gasteiger partial charge < -0.3 is 9.64 Å². The lowest BCUT2D eigenvalue weighted by molar-refractivity contribution is -0.122. The summed E-state index contributed by atoms with van der Waals surface area (Å²) < 4.78 is 5.23. The van der Waals surface area contributed by atoms with Gasteiger partial charge in [0.15, 0.2) is 0 Å². The van der Waals surface area contributed by atoms with Crippen LogP contribution in [0.1, 0.15) is 31.2 Å². The van der Waals surface area contributed by atoms with Gasteiger partial charge >= 0.3 is 0 Å². The number of carbonyl (C=O) groups is 1. The number of hydrogen-bond donors (Lipinski definition) is 0. The summed E-state index contributed by atoms with van der Waals surface area (Å²) in [7, 11) is 1.68. The van der Waals surface area contributed by atoms with Crippen LogP contribution in [0.15, 0.2) is 18.2 Å². The molecule has 0 unspecified atom stereocenters. The van der Waals surface area contributed by atoms with Crippen molar-refractivity contribution in [2.75, 3.05) is 18.6 Å². The third-order valence-corrected chi connectivity index (χ3v) is 4.15. The maximum Gasteiger partial charge on any atom is 0.230 e. The van der Waals surface area contributed by atoms with Crippen LogP contribution in [0.2, 0.25) is 0 Å². The minimum Gasteiger partial charge on any atom is -0.497 e. The van der Waals surface area contributed by atoms with Crippen molar-refractivity contribution in [1.29, 1.82) is 0 Å². The van der Waals surface area contributed by atoms with E-state index in [1.807, 2.05) is 17.0 Å². The quantitative estimate of drug-likeness (QED) is 0.802. The standard InChI is InChI=1S/C15H19NO2/c1-18-13-6-7-14-12(10-13)8-9-16(14)15(17)11-4-2-3-5-11/h6-7,10-11H,2-5,8-9H2,1H3. The molecule has 1 aromatic rings. The first-order valence-corrected chi connectivity index (χ1v) is 6.78. The number of ether oxygens (including phenoxy) is 1. The van der Waals surface area contributed by atoms with E-state index >= 15 is 0 Å². The minimum absolute atomic E-state index is 0.262. The molecule has 1 aliphatic carbocycles. The largest absolute Gasteiger partial charge is 0.497 e.